The van der Waals surface area contributed by atoms with E-state index in [-0.39, 0.29) is 33.4 Å². The van der Waals surface area contributed by atoms with Gasteiger partial charge >= 0.3 is 0 Å². The third-order valence-corrected chi connectivity index (χ3v) is 10.1. The molecule has 2 nitrogen and oxygen atoms in total. The molecule has 4 aliphatic carbocycles. The van der Waals surface area contributed by atoms with Gasteiger partial charge < -0.3 is 0 Å². The van der Waals surface area contributed by atoms with E-state index >= 15 is 0 Å². The average molecular weight is 441 g/mol. The van der Waals surface area contributed by atoms with E-state index in [4.69, 9.17) is 23.2 Å². The third kappa shape index (κ3) is 4.59. The smallest absolute Gasteiger partial charge is 0.140 e. The van der Waals surface area contributed by atoms with Crippen molar-refractivity contribution >= 4 is 34.8 Å². The molecule has 4 fully saturated rings. The van der Waals surface area contributed by atoms with Crippen LogP contribution in [0.25, 0.3) is 0 Å². The van der Waals surface area contributed by atoms with Crippen molar-refractivity contribution in [3.05, 3.63) is 0 Å². The average Bonchev–Trinajstić information content (AvgIpc) is 2.72. The molecule has 0 N–H and O–H groups in total. The predicted molar refractivity (Wildman–Crippen MR) is 120 cm³/mol. The van der Waals surface area contributed by atoms with Crippen LogP contribution >= 0.6 is 23.2 Å². The molecule has 4 saturated carbocycles. The number of halogens is 2. The van der Waals surface area contributed by atoms with Gasteiger partial charge in [-0.25, -0.2) is 0 Å². The fourth-order valence-corrected chi connectivity index (χ4v) is 8.06. The molecular formula is C25H38Cl2O2. The van der Waals surface area contributed by atoms with Gasteiger partial charge in [0.25, 0.3) is 0 Å². The van der Waals surface area contributed by atoms with Gasteiger partial charge in [-0.05, 0) is 57.8 Å². The van der Waals surface area contributed by atoms with Crippen molar-refractivity contribution in [3.63, 3.8) is 0 Å². The van der Waals surface area contributed by atoms with Crippen LogP contribution in [0, 0.1) is 23.7 Å². The highest BCUT2D eigenvalue weighted by atomic mass is 35.5. The Balaban J connectivity index is 1.42. The van der Waals surface area contributed by atoms with Gasteiger partial charge in [-0.1, -0.05) is 51.4 Å². The van der Waals surface area contributed by atoms with Gasteiger partial charge in [0.1, 0.15) is 11.6 Å². The van der Waals surface area contributed by atoms with E-state index in [2.05, 4.69) is 0 Å². The summed E-state index contributed by atoms with van der Waals surface area (Å²) in [5.41, 5.74) is 0. The number of carbonyl (C=O) groups excluding carboxylic acids is 2. The Morgan fingerprint density at radius 3 is 1.34 bits per heavy atom. The Kier molecular flexibility index (Phi) is 7.01. The molecule has 4 aliphatic rings. The molecule has 0 bridgehead atoms. The van der Waals surface area contributed by atoms with E-state index in [0.29, 0.717) is 11.6 Å². The van der Waals surface area contributed by atoms with E-state index in [1.165, 1.54) is 12.8 Å². The minimum absolute atomic E-state index is 0.00965. The Bertz CT molecular complexity index is 552. The molecule has 0 heterocycles. The monoisotopic (exact) mass is 440 g/mol. The first kappa shape index (κ1) is 22.1. The largest absolute Gasteiger partial charge is 0.299 e. The minimum Gasteiger partial charge on any atom is -0.299 e. The van der Waals surface area contributed by atoms with E-state index in [9.17, 15) is 9.59 Å². The van der Waals surface area contributed by atoms with Crippen molar-refractivity contribution in [2.24, 2.45) is 23.7 Å². The van der Waals surface area contributed by atoms with Crippen LogP contribution < -0.4 is 0 Å². The van der Waals surface area contributed by atoms with Gasteiger partial charge in [-0.3, -0.25) is 9.59 Å². The van der Waals surface area contributed by atoms with Crippen molar-refractivity contribution in [1.82, 2.24) is 0 Å². The first-order valence-electron chi connectivity index (χ1n) is 12.4. The summed E-state index contributed by atoms with van der Waals surface area (Å²) in [6.07, 6.45) is 17.7. The Morgan fingerprint density at radius 1 is 0.586 bits per heavy atom. The number of hydrogen-bond donors (Lipinski definition) is 0. The predicted octanol–water partition coefficient (Wildman–Crippen LogP) is 7.23. The van der Waals surface area contributed by atoms with Crippen LogP contribution in [0.15, 0.2) is 0 Å². The standard InChI is InChI=1S/C25H38Cl2O2/c26-24(13-3-1-4-14-24)20-11-7-9-18(22(20)28)17-19-10-8-12-21(23(19)29)25(27)15-5-2-6-16-25/h18-21H,1-17H2/t18-,19-,20+,21+/m0/s1. The zero-order chi connectivity index (χ0) is 20.5. The Hall–Kier alpha value is -0.0800. The van der Waals surface area contributed by atoms with Crippen molar-refractivity contribution in [2.75, 3.05) is 0 Å². The summed E-state index contributed by atoms with van der Waals surface area (Å²) in [4.78, 5) is 26.2. The number of ketones is 2. The molecule has 0 aromatic rings. The lowest BCUT2D eigenvalue weighted by atomic mass is 9.64. The lowest BCUT2D eigenvalue weighted by Gasteiger charge is -2.44. The zero-order valence-electron chi connectivity index (χ0n) is 17.9. The number of rotatable bonds is 4. The maximum atomic E-state index is 13.4. The van der Waals surface area contributed by atoms with Gasteiger partial charge in [0.2, 0.25) is 0 Å². The molecule has 0 aliphatic heterocycles. The molecule has 0 saturated heterocycles. The maximum absolute atomic E-state index is 13.4. The van der Waals surface area contributed by atoms with Gasteiger partial charge in [0.15, 0.2) is 0 Å². The van der Waals surface area contributed by atoms with E-state index < -0.39 is 0 Å². The summed E-state index contributed by atoms with van der Waals surface area (Å²) in [5, 5.41) is 0. The number of Topliss-reactive ketones (excluding diaryl/α,β-unsaturated/α-hetero) is 2. The van der Waals surface area contributed by atoms with Crippen LogP contribution in [0.4, 0.5) is 0 Å². The summed E-state index contributed by atoms with van der Waals surface area (Å²) >= 11 is 14.0. The first-order valence-corrected chi connectivity index (χ1v) is 13.1. The lowest BCUT2D eigenvalue weighted by molar-refractivity contribution is -0.135. The van der Waals surface area contributed by atoms with Crippen molar-refractivity contribution in [2.45, 2.75) is 119 Å². The van der Waals surface area contributed by atoms with Crippen LogP contribution in [0.1, 0.15) is 109 Å². The van der Waals surface area contributed by atoms with Crippen LogP contribution in [-0.4, -0.2) is 21.3 Å². The summed E-state index contributed by atoms with van der Waals surface area (Å²) in [6.45, 7) is 0. The van der Waals surface area contributed by atoms with Crippen LogP contribution in [-0.2, 0) is 9.59 Å². The van der Waals surface area contributed by atoms with Crippen LogP contribution in [0.3, 0.4) is 0 Å². The topological polar surface area (TPSA) is 34.1 Å². The Labute approximate surface area is 186 Å². The second kappa shape index (κ2) is 9.19. The molecular weight excluding hydrogens is 403 g/mol. The van der Waals surface area contributed by atoms with E-state index in [0.717, 1.165) is 96.3 Å². The second-order valence-corrected chi connectivity index (χ2v) is 12.1. The molecule has 0 amide bonds. The first-order chi connectivity index (χ1) is 13.9. The molecule has 0 spiro atoms. The molecule has 29 heavy (non-hydrogen) atoms. The van der Waals surface area contributed by atoms with Gasteiger partial charge in [0, 0.05) is 23.7 Å². The molecule has 0 unspecified atom stereocenters. The normalized spacial score (nSPS) is 38.0. The van der Waals surface area contributed by atoms with Gasteiger partial charge in [0.05, 0.1) is 9.75 Å². The quantitative estimate of drug-likeness (QED) is 0.431. The summed E-state index contributed by atoms with van der Waals surface area (Å²) in [6, 6.07) is 0. The lowest BCUT2D eigenvalue weighted by Crippen LogP contribution is -2.46. The third-order valence-electron chi connectivity index (χ3n) is 8.77. The number of hydrogen-bond acceptors (Lipinski definition) is 2. The molecule has 0 aromatic heterocycles. The highest BCUT2D eigenvalue weighted by Crippen LogP contribution is 2.49. The zero-order valence-corrected chi connectivity index (χ0v) is 19.4. The van der Waals surface area contributed by atoms with Crippen molar-refractivity contribution in [1.29, 1.82) is 0 Å². The fraction of sp³-hybridized carbons (Fsp3) is 0.920. The van der Waals surface area contributed by atoms with E-state index in [1.54, 1.807) is 0 Å². The van der Waals surface area contributed by atoms with Gasteiger partial charge in [-0.15, -0.1) is 23.2 Å². The number of alkyl halides is 2. The van der Waals surface area contributed by atoms with Gasteiger partial charge in [-0.2, -0.15) is 0 Å². The molecule has 164 valence electrons. The maximum Gasteiger partial charge on any atom is 0.140 e. The van der Waals surface area contributed by atoms with E-state index in [1.807, 2.05) is 0 Å². The summed E-state index contributed by atoms with van der Waals surface area (Å²) in [7, 11) is 0. The van der Waals surface area contributed by atoms with Crippen LogP contribution in [0.2, 0.25) is 0 Å². The van der Waals surface area contributed by atoms with Crippen molar-refractivity contribution < 1.29 is 9.59 Å². The summed E-state index contributed by atoms with van der Waals surface area (Å²) < 4.78 is 0. The SMILES string of the molecule is O=C1[C@H](C[C@@H]2CCC[C@@H](C3(Cl)CCCCC3)C2=O)CCC[C@H]1C1(Cl)CCCCC1. The summed E-state index contributed by atoms with van der Waals surface area (Å²) in [5.74, 6) is 0.849. The highest BCUT2D eigenvalue weighted by molar-refractivity contribution is 6.26. The van der Waals surface area contributed by atoms with Crippen molar-refractivity contribution in [3.8, 4) is 0 Å². The fourth-order valence-electron chi connectivity index (χ4n) is 7.09. The molecule has 0 aromatic carbocycles. The molecule has 4 atom stereocenters. The number of carbonyl (C=O) groups is 2. The highest BCUT2D eigenvalue weighted by Gasteiger charge is 2.49. The second-order valence-electron chi connectivity index (χ2n) is 10.6. The minimum atomic E-state index is -0.310. The van der Waals surface area contributed by atoms with Crippen LogP contribution in [0.5, 0.6) is 0 Å². The molecule has 0 radical (unpaired) electrons. The Morgan fingerprint density at radius 2 is 0.966 bits per heavy atom. The molecule has 4 rings (SSSR count). The molecule has 4 heteroatoms.